The molecule has 0 unspecified atom stereocenters. The molecule has 188 valence electrons. The summed E-state index contributed by atoms with van der Waals surface area (Å²) in [5, 5.41) is 9.32. The van der Waals surface area contributed by atoms with Gasteiger partial charge in [-0.05, 0) is 54.8 Å². The van der Waals surface area contributed by atoms with Gasteiger partial charge in [-0.2, -0.15) is 0 Å². The Morgan fingerprint density at radius 2 is 1.67 bits per heavy atom. The van der Waals surface area contributed by atoms with Gasteiger partial charge in [0, 0.05) is 19.3 Å². The van der Waals surface area contributed by atoms with Crippen molar-refractivity contribution in [3.63, 3.8) is 0 Å². The number of carbonyl (C=O) groups is 2. The predicted octanol–water partition coefficient (Wildman–Crippen LogP) is 3.41. The zero-order valence-electron chi connectivity index (χ0n) is 19.2. The van der Waals surface area contributed by atoms with Crippen molar-refractivity contribution in [1.29, 1.82) is 0 Å². The van der Waals surface area contributed by atoms with Gasteiger partial charge in [-0.15, -0.1) is 0 Å². The maximum Gasteiger partial charge on any atom is 0.407 e. The number of carboxylic acid groups (broad SMARTS) is 1. The summed E-state index contributed by atoms with van der Waals surface area (Å²) < 4.78 is 31.4. The molecule has 2 amide bonds. The van der Waals surface area contributed by atoms with Gasteiger partial charge >= 0.3 is 6.09 Å². The number of amides is 2. The van der Waals surface area contributed by atoms with E-state index in [0.717, 1.165) is 10.5 Å². The third-order valence-electron chi connectivity index (χ3n) is 6.02. The molecule has 1 saturated heterocycles. The topological polar surface area (TPSA) is 135 Å². The normalized spacial score (nSPS) is 15.2. The van der Waals surface area contributed by atoms with Crippen molar-refractivity contribution in [1.82, 2.24) is 15.4 Å². The molecule has 1 aliphatic rings. The molecule has 0 aliphatic carbocycles. The number of ether oxygens (including phenoxy) is 1. The second-order valence-electron chi connectivity index (χ2n) is 8.24. The number of piperidine rings is 1. The summed E-state index contributed by atoms with van der Waals surface area (Å²) in [7, 11) is -4.24. The molecule has 36 heavy (non-hydrogen) atoms. The molecule has 0 bridgehead atoms. The summed E-state index contributed by atoms with van der Waals surface area (Å²) >= 11 is 0. The maximum absolute atomic E-state index is 13.8. The van der Waals surface area contributed by atoms with E-state index >= 15 is 0 Å². The summed E-state index contributed by atoms with van der Waals surface area (Å²) in [5.74, 6) is 0.0482. The van der Waals surface area contributed by atoms with Gasteiger partial charge in [0.15, 0.2) is 14.6 Å². The number of likely N-dealkylation sites (tertiary alicyclic amines) is 1. The highest BCUT2D eigenvalue weighted by molar-refractivity contribution is 7.93. The van der Waals surface area contributed by atoms with Gasteiger partial charge in [-0.3, -0.25) is 14.6 Å². The molecule has 2 heterocycles. The van der Waals surface area contributed by atoms with Crippen molar-refractivity contribution in [2.45, 2.75) is 29.1 Å². The van der Waals surface area contributed by atoms with E-state index in [1.807, 2.05) is 18.2 Å². The molecule has 10 nitrogen and oxygen atoms in total. The van der Waals surface area contributed by atoms with E-state index in [0.29, 0.717) is 11.5 Å². The van der Waals surface area contributed by atoms with Crippen LogP contribution in [0, 0.1) is 0 Å². The largest absolute Gasteiger partial charge is 0.465 e. The number of benzene rings is 2. The van der Waals surface area contributed by atoms with Crippen LogP contribution >= 0.6 is 0 Å². The quantitative estimate of drug-likeness (QED) is 0.439. The Hall–Kier alpha value is -3.96. The molecular formula is C25H25N3O7S. The fourth-order valence-electron chi connectivity index (χ4n) is 3.99. The molecule has 1 aliphatic heterocycles. The molecule has 0 atom stereocenters. The fraction of sp³-hybridized carbons (Fsp3) is 0.240. The number of nitrogens with one attached hydrogen (secondary N) is 1. The molecule has 0 radical (unpaired) electrons. The number of sulfone groups is 1. The number of pyridine rings is 1. The van der Waals surface area contributed by atoms with Crippen molar-refractivity contribution in [2.24, 2.45) is 0 Å². The summed E-state index contributed by atoms with van der Waals surface area (Å²) in [6.45, 7) is -0.171. The van der Waals surface area contributed by atoms with Gasteiger partial charge in [0.1, 0.15) is 11.5 Å². The lowest BCUT2D eigenvalue weighted by atomic mass is 9.95. The minimum atomic E-state index is -4.24. The van der Waals surface area contributed by atoms with E-state index < -0.39 is 26.6 Å². The molecule has 3 aromatic rings. The van der Waals surface area contributed by atoms with Crippen LogP contribution in [0.1, 0.15) is 18.4 Å². The Bertz CT molecular complexity index is 1290. The Labute approximate surface area is 208 Å². The Morgan fingerprint density at radius 3 is 2.28 bits per heavy atom. The van der Waals surface area contributed by atoms with E-state index in [9.17, 15) is 23.1 Å². The highest BCUT2D eigenvalue weighted by atomic mass is 32.2. The van der Waals surface area contributed by atoms with Gasteiger partial charge in [-0.1, -0.05) is 30.3 Å². The molecule has 2 N–H and O–H groups in total. The van der Waals surface area contributed by atoms with Crippen LogP contribution in [0.4, 0.5) is 4.79 Å². The van der Waals surface area contributed by atoms with E-state index in [1.165, 1.54) is 30.5 Å². The second kappa shape index (κ2) is 10.8. The number of hydrogen-bond acceptors (Lipinski definition) is 7. The van der Waals surface area contributed by atoms with Gasteiger partial charge in [-0.25, -0.2) is 18.7 Å². The Morgan fingerprint density at radius 1 is 0.972 bits per heavy atom. The maximum atomic E-state index is 13.8. The summed E-state index contributed by atoms with van der Waals surface area (Å²) in [5.41, 5.74) is 3.08. The lowest BCUT2D eigenvalue weighted by Crippen LogP contribution is -2.58. The first kappa shape index (κ1) is 25.1. The number of hydrogen-bond donors (Lipinski definition) is 2. The zero-order valence-corrected chi connectivity index (χ0v) is 20.1. The number of rotatable bonds is 8. The summed E-state index contributed by atoms with van der Waals surface area (Å²) in [6.07, 6.45) is 1.53. The van der Waals surface area contributed by atoms with Crippen LogP contribution in [0.3, 0.4) is 0 Å². The highest BCUT2D eigenvalue weighted by Crippen LogP contribution is 2.37. The van der Waals surface area contributed by atoms with Crippen molar-refractivity contribution in [3.8, 4) is 11.5 Å². The van der Waals surface area contributed by atoms with Crippen LogP contribution in [-0.2, 0) is 26.1 Å². The van der Waals surface area contributed by atoms with Crippen LogP contribution in [0.5, 0.6) is 11.5 Å². The van der Waals surface area contributed by atoms with Crippen LogP contribution in [0.25, 0.3) is 0 Å². The number of hydroxylamine groups is 1. The fourth-order valence-corrected chi connectivity index (χ4v) is 5.94. The summed E-state index contributed by atoms with van der Waals surface area (Å²) in [6, 6.07) is 18.2. The third-order valence-corrected chi connectivity index (χ3v) is 8.54. The van der Waals surface area contributed by atoms with E-state index in [1.54, 1.807) is 30.5 Å². The van der Waals surface area contributed by atoms with Crippen LogP contribution < -0.4 is 10.2 Å². The highest BCUT2D eigenvalue weighted by Gasteiger charge is 2.53. The molecule has 4 rings (SSSR count). The average Bonchev–Trinajstić information content (AvgIpc) is 2.90. The minimum absolute atomic E-state index is 0.0460. The standard InChI is InChI=1S/C25H25N3O7S/c29-23(27-34-18-19-5-2-1-3-6-19)25(12-15-28(16-13-25)24(30)31)36(32,33)22-10-8-20(9-11-22)35-21-7-4-14-26-17-21/h1-11,14,17H,12-13,15-16,18H2,(H,27,29)(H,30,31). The SMILES string of the molecule is O=C(O)N1CCC(C(=O)NOCc2ccccc2)(S(=O)(=O)c2ccc(Oc3cccnc3)cc2)CC1. The predicted molar refractivity (Wildman–Crippen MR) is 129 cm³/mol. The number of aromatic nitrogens is 1. The lowest BCUT2D eigenvalue weighted by Gasteiger charge is -2.38. The average molecular weight is 512 g/mol. The van der Waals surface area contributed by atoms with E-state index in [-0.39, 0.29) is 37.4 Å². The second-order valence-corrected chi connectivity index (χ2v) is 10.5. The first-order chi connectivity index (χ1) is 17.3. The number of carbonyl (C=O) groups excluding carboxylic acids is 1. The Balaban J connectivity index is 1.56. The van der Waals surface area contributed by atoms with Crippen LogP contribution in [0.2, 0.25) is 0 Å². The van der Waals surface area contributed by atoms with E-state index in [2.05, 4.69) is 10.5 Å². The smallest absolute Gasteiger partial charge is 0.407 e. The lowest BCUT2D eigenvalue weighted by molar-refractivity contribution is -0.138. The van der Waals surface area contributed by atoms with Gasteiger partial charge in [0.25, 0.3) is 5.91 Å². The monoisotopic (exact) mass is 511 g/mol. The van der Waals surface area contributed by atoms with Crippen molar-refractivity contribution < 1.29 is 32.7 Å². The molecule has 1 aromatic heterocycles. The van der Waals surface area contributed by atoms with Gasteiger partial charge in [0.2, 0.25) is 0 Å². The molecule has 11 heteroatoms. The van der Waals surface area contributed by atoms with Gasteiger partial charge in [0.05, 0.1) is 17.7 Å². The first-order valence-electron chi connectivity index (χ1n) is 11.2. The molecule has 0 saturated carbocycles. The van der Waals surface area contributed by atoms with Crippen molar-refractivity contribution >= 4 is 21.8 Å². The van der Waals surface area contributed by atoms with Crippen LogP contribution in [0.15, 0.2) is 84.0 Å². The molecular weight excluding hydrogens is 486 g/mol. The van der Waals surface area contributed by atoms with Crippen LogP contribution in [-0.4, -0.2) is 53.2 Å². The van der Waals surface area contributed by atoms with Gasteiger partial charge < -0.3 is 14.7 Å². The van der Waals surface area contributed by atoms with Crippen molar-refractivity contribution in [2.75, 3.05) is 13.1 Å². The van der Waals surface area contributed by atoms with E-state index in [4.69, 9.17) is 9.57 Å². The third kappa shape index (κ3) is 5.31. The van der Waals surface area contributed by atoms with Crippen molar-refractivity contribution in [3.05, 3.63) is 84.7 Å². The minimum Gasteiger partial charge on any atom is -0.465 e. The first-order valence-corrected chi connectivity index (χ1v) is 12.7. The zero-order chi connectivity index (χ0) is 25.6. The number of nitrogens with zero attached hydrogens (tertiary/aromatic N) is 2. The molecule has 2 aromatic carbocycles. The Kier molecular flexibility index (Phi) is 7.51. The summed E-state index contributed by atoms with van der Waals surface area (Å²) in [4.78, 5) is 35.0. The molecule has 0 spiro atoms. The molecule has 1 fully saturated rings.